The van der Waals surface area contributed by atoms with E-state index in [1.54, 1.807) is 0 Å². The third-order valence-electron chi connectivity index (χ3n) is 6.73. The van der Waals surface area contributed by atoms with Crippen LogP contribution in [0.25, 0.3) is 22.3 Å². The highest BCUT2D eigenvalue weighted by Crippen LogP contribution is 2.38. The molecule has 0 unspecified atom stereocenters. The lowest BCUT2D eigenvalue weighted by Gasteiger charge is -2.32. The molecule has 1 fully saturated rings. The summed E-state index contributed by atoms with van der Waals surface area (Å²) in [5, 5.41) is 20.5. The SMILES string of the molecule is CC1(C)OB(c2cccc(-c3ccccc3)c2O)OC1(C)C.Oc1c(Br)cccc1-c1ccccc1. The Labute approximate surface area is 221 Å². The van der Waals surface area contributed by atoms with E-state index in [0.717, 1.165) is 26.7 Å². The van der Waals surface area contributed by atoms with Crippen molar-refractivity contribution in [3.63, 3.8) is 0 Å². The number of rotatable bonds is 3. The highest BCUT2D eigenvalue weighted by molar-refractivity contribution is 9.10. The van der Waals surface area contributed by atoms with Gasteiger partial charge in [-0.05, 0) is 60.8 Å². The van der Waals surface area contributed by atoms with E-state index in [0.29, 0.717) is 11.2 Å². The monoisotopic (exact) mass is 544 g/mol. The van der Waals surface area contributed by atoms with Crippen molar-refractivity contribution < 1.29 is 19.5 Å². The van der Waals surface area contributed by atoms with Gasteiger partial charge in [0.25, 0.3) is 0 Å². The molecule has 0 radical (unpaired) electrons. The van der Waals surface area contributed by atoms with Crippen molar-refractivity contribution in [2.45, 2.75) is 38.9 Å². The van der Waals surface area contributed by atoms with Crippen molar-refractivity contribution in [3.05, 3.63) is 102 Å². The average Bonchev–Trinajstić information content (AvgIpc) is 3.09. The van der Waals surface area contributed by atoms with E-state index in [1.165, 1.54) is 0 Å². The zero-order valence-electron chi connectivity index (χ0n) is 20.9. The number of hydrogen-bond donors (Lipinski definition) is 2. The summed E-state index contributed by atoms with van der Waals surface area (Å²) in [4.78, 5) is 0. The minimum Gasteiger partial charge on any atom is -0.508 e. The molecule has 0 amide bonds. The van der Waals surface area contributed by atoms with Crippen LogP contribution in [0.5, 0.6) is 11.5 Å². The summed E-state index contributed by atoms with van der Waals surface area (Å²) in [6.07, 6.45) is 0. The van der Waals surface area contributed by atoms with Gasteiger partial charge in [-0.3, -0.25) is 0 Å². The highest BCUT2D eigenvalue weighted by Gasteiger charge is 2.52. The predicted molar refractivity (Wildman–Crippen MR) is 151 cm³/mol. The van der Waals surface area contributed by atoms with Crippen molar-refractivity contribution in [2.75, 3.05) is 0 Å². The van der Waals surface area contributed by atoms with E-state index >= 15 is 0 Å². The molecule has 0 aliphatic carbocycles. The van der Waals surface area contributed by atoms with Gasteiger partial charge in [-0.2, -0.15) is 0 Å². The number of hydrogen-bond acceptors (Lipinski definition) is 4. The fraction of sp³-hybridized carbons (Fsp3) is 0.200. The molecular weight excluding hydrogens is 515 g/mol. The maximum Gasteiger partial charge on any atom is 0.498 e. The summed E-state index contributed by atoms with van der Waals surface area (Å²) < 4.78 is 12.8. The molecule has 184 valence electrons. The van der Waals surface area contributed by atoms with Gasteiger partial charge in [-0.15, -0.1) is 0 Å². The maximum atomic E-state index is 10.7. The molecule has 1 saturated heterocycles. The molecule has 6 heteroatoms. The molecule has 0 atom stereocenters. The van der Waals surface area contributed by atoms with E-state index in [9.17, 15) is 10.2 Å². The fourth-order valence-corrected chi connectivity index (χ4v) is 4.30. The first kappa shape index (κ1) is 26.0. The standard InChI is InChI=1S/C18H21BO3.C12H9BrO/c1-17(2)18(3,4)22-19(21-17)15-12-8-11-14(16(15)20)13-9-6-5-7-10-13;13-11-8-4-7-10(12(11)14)9-5-2-1-3-6-9/h5-12,20H,1-4H3;1-8,14H. The van der Waals surface area contributed by atoms with Gasteiger partial charge in [0.1, 0.15) is 11.5 Å². The van der Waals surface area contributed by atoms with Crippen LogP contribution >= 0.6 is 15.9 Å². The first-order valence-electron chi connectivity index (χ1n) is 11.9. The Morgan fingerprint density at radius 1 is 0.583 bits per heavy atom. The summed E-state index contributed by atoms with van der Waals surface area (Å²) in [6, 6.07) is 30.9. The molecule has 4 aromatic rings. The van der Waals surface area contributed by atoms with Crippen LogP contribution in [0.3, 0.4) is 0 Å². The second kappa shape index (κ2) is 10.5. The Hall–Kier alpha value is -3.06. The van der Waals surface area contributed by atoms with Gasteiger partial charge in [0.05, 0.1) is 15.7 Å². The van der Waals surface area contributed by atoms with Gasteiger partial charge < -0.3 is 19.5 Å². The van der Waals surface area contributed by atoms with Crippen LogP contribution in [0.15, 0.2) is 102 Å². The smallest absolute Gasteiger partial charge is 0.498 e. The van der Waals surface area contributed by atoms with Crippen LogP contribution in [-0.2, 0) is 9.31 Å². The first-order chi connectivity index (χ1) is 17.1. The Morgan fingerprint density at radius 2 is 1.03 bits per heavy atom. The van der Waals surface area contributed by atoms with Crippen molar-refractivity contribution >= 4 is 28.5 Å². The zero-order valence-corrected chi connectivity index (χ0v) is 22.5. The lowest BCUT2D eigenvalue weighted by Crippen LogP contribution is -2.41. The number of benzene rings is 4. The van der Waals surface area contributed by atoms with E-state index in [2.05, 4.69) is 15.9 Å². The number of para-hydroxylation sites is 2. The Morgan fingerprint density at radius 3 is 1.53 bits per heavy atom. The van der Waals surface area contributed by atoms with E-state index in [4.69, 9.17) is 9.31 Å². The third-order valence-corrected chi connectivity index (χ3v) is 7.37. The van der Waals surface area contributed by atoms with Crippen LogP contribution in [0, 0.1) is 0 Å². The summed E-state index contributed by atoms with van der Waals surface area (Å²) in [5.41, 5.74) is 3.44. The summed E-state index contributed by atoms with van der Waals surface area (Å²) >= 11 is 3.29. The van der Waals surface area contributed by atoms with Gasteiger partial charge in [-0.25, -0.2) is 0 Å². The first-order valence-corrected chi connectivity index (χ1v) is 12.7. The second-order valence-electron chi connectivity index (χ2n) is 9.70. The minimum absolute atomic E-state index is 0.215. The van der Waals surface area contributed by atoms with Crippen LogP contribution in [-0.4, -0.2) is 28.5 Å². The summed E-state index contributed by atoms with van der Waals surface area (Å²) in [6.45, 7) is 8.02. The molecule has 0 aromatic heterocycles. The molecule has 1 aliphatic heterocycles. The van der Waals surface area contributed by atoms with Gasteiger partial charge in [0, 0.05) is 16.6 Å². The lowest BCUT2D eigenvalue weighted by atomic mass is 9.77. The topological polar surface area (TPSA) is 58.9 Å². The minimum atomic E-state index is -0.561. The number of phenols is 2. The largest absolute Gasteiger partial charge is 0.508 e. The van der Waals surface area contributed by atoms with E-state index in [-0.39, 0.29) is 5.75 Å². The number of phenolic OH excluding ortho intramolecular Hbond substituents is 2. The van der Waals surface area contributed by atoms with Crippen LogP contribution < -0.4 is 5.46 Å². The van der Waals surface area contributed by atoms with E-state index < -0.39 is 18.3 Å². The summed E-state index contributed by atoms with van der Waals surface area (Å²) in [5.74, 6) is 0.505. The molecule has 5 rings (SSSR count). The highest BCUT2D eigenvalue weighted by atomic mass is 79.9. The number of halogens is 1. The Balaban J connectivity index is 0.000000187. The Kier molecular flexibility index (Phi) is 7.60. The normalized spacial score (nSPS) is 15.8. The molecule has 1 aliphatic rings. The average molecular weight is 545 g/mol. The molecule has 1 heterocycles. The quantitative estimate of drug-likeness (QED) is 0.268. The second-order valence-corrected chi connectivity index (χ2v) is 10.6. The molecule has 0 bridgehead atoms. The van der Waals surface area contributed by atoms with Gasteiger partial charge in [-0.1, -0.05) is 91.0 Å². The molecular formula is C30H30BBrO4. The molecule has 0 spiro atoms. The lowest BCUT2D eigenvalue weighted by molar-refractivity contribution is 0.00578. The molecule has 36 heavy (non-hydrogen) atoms. The van der Waals surface area contributed by atoms with Crippen molar-refractivity contribution in [1.82, 2.24) is 0 Å². The summed E-state index contributed by atoms with van der Waals surface area (Å²) in [7, 11) is -0.561. The third kappa shape index (κ3) is 5.36. The fourth-order valence-electron chi connectivity index (χ4n) is 3.94. The van der Waals surface area contributed by atoms with Crippen LogP contribution in [0.1, 0.15) is 27.7 Å². The van der Waals surface area contributed by atoms with Crippen molar-refractivity contribution in [2.24, 2.45) is 0 Å². The predicted octanol–water partition coefficient (Wildman–Crippen LogP) is 7.18. The molecule has 4 nitrogen and oxygen atoms in total. The van der Waals surface area contributed by atoms with E-state index in [1.807, 2.05) is 125 Å². The maximum absolute atomic E-state index is 10.7. The zero-order chi connectivity index (χ0) is 25.9. The van der Waals surface area contributed by atoms with Crippen LogP contribution in [0.2, 0.25) is 0 Å². The van der Waals surface area contributed by atoms with Gasteiger partial charge in [0.15, 0.2) is 0 Å². The van der Waals surface area contributed by atoms with Crippen molar-refractivity contribution in [1.29, 1.82) is 0 Å². The molecule has 4 aromatic carbocycles. The molecule has 0 saturated carbocycles. The Bertz CT molecular complexity index is 1310. The van der Waals surface area contributed by atoms with Crippen LogP contribution in [0.4, 0.5) is 0 Å². The van der Waals surface area contributed by atoms with Gasteiger partial charge >= 0.3 is 7.12 Å². The number of aromatic hydroxyl groups is 2. The molecule has 2 N–H and O–H groups in total. The van der Waals surface area contributed by atoms with Crippen molar-refractivity contribution in [3.8, 4) is 33.8 Å². The van der Waals surface area contributed by atoms with Gasteiger partial charge in [0.2, 0.25) is 0 Å².